The van der Waals surface area contributed by atoms with Crippen LogP contribution in [0.4, 0.5) is 0 Å². The maximum Gasteiger partial charge on any atom is 0.336 e. The standard InChI is InChI=1S/C18H16N2O5/c1-10-8-15(21)25-16-11(10)2-3-14-12(16)9-13(17(19)24-14)18(22)20-4-6-23-7-5-20/h2-3,8-9,19H,4-7H2,1H3. The maximum atomic E-state index is 12.7. The third kappa shape index (κ3) is 2.62. The van der Waals surface area contributed by atoms with Crippen molar-refractivity contribution in [1.82, 2.24) is 4.90 Å². The zero-order chi connectivity index (χ0) is 17.6. The number of morpholine rings is 1. The molecule has 1 amide bonds. The minimum absolute atomic E-state index is 0.144. The molecule has 1 aromatic carbocycles. The maximum absolute atomic E-state index is 12.7. The SMILES string of the molecule is Cc1cc(=O)oc2c1ccc1oc(=N)c(C(=O)N3CCOCC3)cc12. The number of amides is 1. The molecule has 1 fully saturated rings. The first-order valence-corrected chi connectivity index (χ1v) is 7.97. The average Bonchev–Trinajstić information content (AvgIpc) is 2.61. The Hall–Kier alpha value is -2.93. The van der Waals surface area contributed by atoms with Crippen LogP contribution in [0.5, 0.6) is 0 Å². The summed E-state index contributed by atoms with van der Waals surface area (Å²) in [7, 11) is 0. The Morgan fingerprint density at radius 3 is 2.64 bits per heavy atom. The first-order valence-electron chi connectivity index (χ1n) is 7.97. The van der Waals surface area contributed by atoms with Crippen LogP contribution in [0, 0.1) is 12.3 Å². The van der Waals surface area contributed by atoms with E-state index in [1.807, 2.05) is 6.92 Å². The third-order valence-electron chi connectivity index (χ3n) is 4.39. The van der Waals surface area contributed by atoms with Crippen molar-refractivity contribution in [2.75, 3.05) is 26.3 Å². The zero-order valence-corrected chi connectivity index (χ0v) is 13.6. The summed E-state index contributed by atoms with van der Waals surface area (Å²) < 4.78 is 16.1. The molecule has 1 N–H and O–H groups in total. The minimum Gasteiger partial charge on any atom is -0.438 e. The van der Waals surface area contributed by atoms with E-state index in [9.17, 15) is 9.59 Å². The predicted octanol–water partition coefficient (Wildman–Crippen LogP) is 1.80. The molecule has 0 bridgehead atoms. The summed E-state index contributed by atoms with van der Waals surface area (Å²) in [6.45, 7) is 3.71. The van der Waals surface area contributed by atoms with Gasteiger partial charge in [0, 0.05) is 24.5 Å². The van der Waals surface area contributed by atoms with Crippen LogP contribution in [0.15, 0.2) is 37.9 Å². The lowest BCUT2D eigenvalue weighted by molar-refractivity contribution is 0.0299. The Balaban J connectivity index is 1.95. The third-order valence-corrected chi connectivity index (χ3v) is 4.39. The molecule has 1 aliphatic heterocycles. The van der Waals surface area contributed by atoms with E-state index in [0.717, 1.165) is 10.9 Å². The van der Waals surface area contributed by atoms with Crippen LogP contribution >= 0.6 is 0 Å². The van der Waals surface area contributed by atoms with E-state index >= 15 is 0 Å². The summed E-state index contributed by atoms with van der Waals surface area (Å²) in [6.07, 6.45) is 0. The molecule has 0 atom stereocenters. The molecule has 3 heterocycles. The van der Waals surface area contributed by atoms with Crippen molar-refractivity contribution in [3.05, 3.63) is 51.4 Å². The second kappa shape index (κ2) is 5.86. The van der Waals surface area contributed by atoms with E-state index in [-0.39, 0.29) is 17.0 Å². The van der Waals surface area contributed by atoms with Gasteiger partial charge in [-0.05, 0) is 30.7 Å². The lowest BCUT2D eigenvalue weighted by Gasteiger charge is -2.26. The number of fused-ring (bicyclic) bond motifs is 3. The van der Waals surface area contributed by atoms with Gasteiger partial charge in [-0.25, -0.2) is 4.79 Å². The summed E-state index contributed by atoms with van der Waals surface area (Å²) in [6, 6.07) is 6.49. The highest BCUT2D eigenvalue weighted by Crippen LogP contribution is 2.26. The Morgan fingerprint density at radius 1 is 1.12 bits per heavy atom. The van der Waals surface area contributed by atoms with Crippen molar-refractivity contribution in [2.24, 2.45) is 0 Å². The zero-order valence-electron chi connectivity index (χ0n) is 13.6. The van der Waals surface area contributed by atoms with Gasteiger partial charge in [-0.3, -0.25) is 10.2 Å². The van der Waals surface area contributed by atoms with Crippen LogP contribution in [0.25, 0.3) is 21.9 Å². The highest BCUT2D eigenvalue weighted by Gasteiger charge is 2.22. The van der Waals surface area contributed by atoms with E-state index in [4.69, 9.17) is 19.0 Å². The highest BCUT2D eigenvalue weighted by atomic mass is 16.5. The van der Waals surface area contributed by atoms with Crippen LogP contribution in [0.3, 0.4) is 0 Å². The molecule has 4 rings (SSSR count). The number of carbonyl (C=O) groups is 1. The molecule has 0 unspecified atom stereocenters. The normalized spacial score (nSPS) is 15.0. The predicted molar refractivity (Wildman–Crippen MR) is 89.6 cm³/mol. The molecule has 7 nitrogen and oxygen atoms in total. The average molecular weight is 340 g/mol. The van der Waals surface area contributed by atoms with Crippen molar-refractivity contribution in [2.45, 2.75) is 6.92 Å². The molecule has 0 aliphatic carbocycles. The van der Waals surface area contributed by atoms with E-state index in [0.29, 0.717) is 42.9 Å². The van der Waals surface area contributed by atoms with E-state index < -0.39 is 5.63 Å². The van der Waals surface area contributed by atoms with Gasteiger partial charge in [-0.1, -0.05) is 0 Å². The summed E-state index contributed by atoms with van der Waals surface area (Å²) in [5.74, 6) is -0.286. The van der Waals surface area contributed by atoms with Gasteiger partial charge in [0.25, 0.3) is 5.91 Å². The Bertz CT molecular complexity index is 1110. The second-order valence-electron chi connectivity index (χ2n) is 6.00. The number of ether oxygens (including phenoxy) is 1. The number of nitrogens with zero attached hydrogens (tertiary/aromatic N) is 1. The van der Waals surface area contributed by atoms with E-state index in [1.54, 1.807) is 23.1 Å². The van der Waals surface area contributed by atoms with Gasteiger partial charge in [-0.2, -0.15) is 0 Å². The number of hydrogen-bond acceptors (Lipinski definition) is 6. The van der Waals surface area contributed by atoms with Crippen molar-refractivity contribution in [3.63, 3.8) is 0 Å². The Morgan fingerprint density at radius 2 is 1.88 bits per heavy atom. The molecule has 128 valence electrons. The molecule has 2 aromatic heterocycles. The molecule has 7 heteroatoms. The van der Waals surface area contributed by atoms with E-state index in [2.05, 4.69) is 0 Å². The molecule has 3 aromatic rings. The van der Waals surface area contributed by atoms with Gasteiger partial charge in [-0.15, -0.1) is 0 Å². The lowest BCUT2D eigenvalue weighted by atomic mass is 10.1. The first kappa shape index (κ1) is 15.6. The molecular formula is C18H16N2O5. The molecule has 1 saturated heterocycles. The largest absolute Gasteiger partial charge is 0.438 e. The number of hydrogen-bond donors (Lipinski definition) is 1. The fourth-order valence-electron chi connectivity index (χ4n) is 3.08. The van der Waals surface area contributed by atoms with Crippen molar-refractivity contribution >= 4 is 27.8 Å². The van der Waals surface area contributed by atoms with E-state index in [1.165, 1.54) is 6.07 Å². The van der Waals surface area contributed by atoms with Crippen molar-refractivity contribution in [3.8, 4) is 0 Å². The quantitative estimate of drug-likeness (QED) is 0.538. The van der Waals surface area contributed by atoms with Crippen LogP contribution in [0.2, 0.25) is 0 Å². The van der Waals surface area contributed by atoms with Crippen molar-refractivity contribution < 1.29 is 18.4 Å². The Labute approximate surface area is 141 Å². The van der Waals surface area contributed by atoms with Crippen LogP contribution in [-0.2, 0) is 4.74 Å². The van der Waals surface area contributed by atoms with Gasteiger partial charge in [0.15, 0.2) is 0 Å². The minimum atomic E-state index is -0.464. The summed E-state index contributed by atoms with van der Waals surface area (Å²) >= 11 is 0. The topological polar surface area (TPSA) is 96.7 Å². The number of aryl methyl sites for hydroxylation is 1. The fraction of sp³-hybridized carbons (Fsp3) is 0.278. The van der Waals surface area contributed by atoms with Crippen LogP contribution in [-0.4, -0.2) is 37.1 Å². The first-order chi connectivity index (χ1) is 12.0. The fourth-order valence-corrected chi connectivity index (χ4v) is 3.08. The summed E-state index contributed by atoms with van der Waals surface area (Å²) in [5.41, 5.74) is 1.01. The molecule has 0 spiro atoms. The molecular weight excluding hydrogens is 324 g/mol. The highest BCUT2D eigenvalue weighted by molar-refractivity contribution is 6.05. The number of rotatable bonds is 1. The molecule has 25 heavy (non-hydrogen) atoms. The monoisotopic (exact) mass is 340 g/mol. The molecule has 0 radical (unpaired) electrons. The second-order valence-corrected chi connectivity index (χ2v) is 6.00. The smallest absolute Gasteiger partial charge is 0.336 e. The van der Waals surface area contributed by atoms with Gasteiger partial charge >= 0.3 is 5.63 Å². The van der Waals surface area contributed by atoms with Gasteiger partial charge in [0.05, 0.1) is 18.6 Å². The summed E-state index contributed by atoms with van der Waals surface area (Å²) in [5, 5.41) is 9.33. The molecule has 1 aliphatic rings. The number of benzene rings is 1. The van der Waals surface area contributed by atoms with Gasteiger partial charge in [0.1, 0.15) is 16.7 Å². The van der Waals surface area contributed by atoms with Gasteiger partial charge < -0.3 is 18.5 Å². The van der Waals surface area contributed by atoms with Gasteiger partial charge in [0.2, 0.25) is 5.55 Å². The molecule has 0 saturated carbocycles. The summed E-state index contributed by atoms with van der Waals surface area (Å²) in [4.78, 5) is 26.1. The van der Waals surface area contributed by atoms with Crippen molar-refractivity contribution in [1.29, 1.82) is 5.41 Å². The number of nitrogens with one attached hydrogen (secondary N) is 1. The van der Waals surface area contributed by atoms with Crippen LogP contribution in [0.1, 0.15) is 15.9 Å². The van der Waals surface area contributed by atoms with Crippen LogP contribution < -0.4 is 11.2 Å². The number of carbonyl (C=O) groups excluding carboxylic acids is 1. The lowest BCUT2D eigenvalue weighted by Crippen LogP contribution is -2.42. The Kier molecular flexibility index (Phi) is 3.65.